The summed E-state index contributed by atoms with van der Waals surface area (Å²) in [6.45, 7) is 6.84. The average Bonchev–Trinajstić information content (AvgIpc) is 3.08. The lowest BCUT2D eigenvalue weighted by Crippen LogP contribution is -2.50. The van der Waals surface area contributed by atoms with Crippen molar-refractivity contribution >= 4 is 29.1 Å². The second kappa shape index (κ2) is 5.75. The summed E-state index contributed by atoms with van der Waals surface area (Å²) in [5.41, 5.74) is 7.06. The summed E-state index contributed by atoms with van der Waals surface area (Å²) in [5, 5.41) is 9.60. The van der Waals surface area contributed by atoms with E-state index < -0.39 is 5.60 Å². The summed E-state index contributed by atoms with van der Waals surface area (Å²) in [7, 11) is 0. The number of fused-ring (bicyclic) bond motifs is 2. The van der Waals surface area contributed by atoms with E-state index in [9.17, 15) is 4.79 Å². The molecule has 128 valence electrons. The van der Waals surface area contributed by atoms with Crippen molar-refractivity contribution in [3.8, 4) is 6.07 Å². The van der Waals surface area contributed by atoms with Gasteiger partial charge in [-0.15, -0.1) is 0 Å². The van der Waals surface area contributed by atoms with Gasteiger partial charge in [-0.25, -0.2) is 4.79 Å². The van der Waals surface area contributed by atoms with Gasteiger partial charge < -0.3 is 20.3 Å². The van der Waals surface area contributed by atoms with Gasteiger partial charge in [0.1, 0.15) is 5.60 Å². The number of hydrogen-bond acceptors (Lipinski definition) is 5. The number of nitrogen functional groups attached to an aromatic ring is 1. The molecule has 1 aromatic rings. The molecule has 0 unspecified atom stereocenters. The Hall–Kier alpha value is -2.13. The van der Waals surface area contributed by atoms with Crippen LogP contribution in [0.4, 0.5) is 16.2 Å². The Bertz CT molecular complexity index is 723. The van der Waals surface area contributed by atoms with Crippen LogP contribution in [0.5, 0.6) is 0 Å². The van der Waals surface area contributed by atoms with Crippen molar-refractivity contribution in [2.24, 2.45) is 0 Å². The molecule has 2 heterocycles. The zero-order valence-electron chi connectivity index (χ0n) is 14.0. The summed E-state index contributed by atoms with van der Waals surface area (Å²) in [6, 6.07) is 5.69. The normalized spacial score (nSPS) is 22.6. The van der Waals surface area contributed by atoms with Crippen molar-refractivity contribution in [2.75, 3.05) is 23.7 Å². The van der Waals surface area contributed by atoms with E-state index in [0.29, 0.717) is 29.4 Å². The van der Waals surface area contributed by atoms with Crippen LogP contribution in [-0.4, -0.2) is 41.8 Å². The smallest absolute Gasteiger partial charge is 0.410 e. The molecular weight excluding hydrogens is 328 g/mol. The molecule has 2 bridgehead atoms. The number of nitrogens with two attached hydrogens (primary N) is 1. The van der Waals surface area contributed by atoms with E-state index in [0.717, 1.165) is 12.1 Å². The van der Waals surface area contributed by atoms with Gasteiger partial charge in [0.25, 0.3) is 0 Å². The minimum Gasteiger partial charge on any atom is -0.444 e. The number of carbonyl (C=O) groups excluding carboxylic acids is 1. The minimum atomic E-state index is -0.502. The first kappa shape index (κ1) is 16.7. The van der Waals surface area contributed by atoms with Gasteiger partial charge in [0, 0.05) is 19.1 Å². The van der Waals surface area contributed by atoms with Crippen LogP contribution >= 0.6 is 11.6 Å². The average molecular weight is 349 g/mol. The van der Waals surface area contributed by atoms with E-state index in [2.05, 4.69) is 11.0 Å². The molecule has 0 aliphatic carbocycles. The van der Waals surface area contributed by atoms with Crippen molar-refractivity contribution in [3.63, 3.8) is 0 Å². The molecule has 0 aromatic heterocycles. The Morgan fingerprint density at radius 2 is 2.08 bits per heavy atom. The third-order valence-electron chi connectivity index (χ3n) is 4.39. The largest absolute Gasteiger partial charge is 0.444 e. The monoisotopic (exact) mass is 348 g/mol. The number of ether oxygens (including phenoxy) is 1. The SMILES string of the molecule is CC(C)(C)OC(=O)N1C[C@H]2C[C@@H]1CN2c1cc(C#N)cc(N)c1Cl. The first-order valence-corrected chi connectivity index (χ1v) is 8.33. The molecule has 2 fully saturated rings. The highest BCUT2D eigenvalue weighted by Crippen LogP contribution is 2.40. The second-order valence-electron chi connectivity index (χ2n) is 7.34. The Morgan fingerprint density at radius 1 is 1.38 bits per heavy atom. The first-order valence-electron chi connectivity index (χ1n) is 7.95. The number of halogens is 1. The highest BCUT2D eigenvalue weighted by atomic mass is 35.5. The molecule has 1 aromatic carbocycles. The van der Waals surface area contributed by atoms with Gasteiger partial charge in [0.15, 0.2) is 0 Å². The Balaban J connectivity index is 1.78. The molecule has 3 rings (SSSR count). The number of nitrogens with zero attached hydrogens (tertiary/aromatic N) is 3. The lowest BCUT2D eigenvalue weighted by atomic mass is 10.1. The molecular formula is C17H21ClN4O2. The number of rotatable bonds is 1. The van der Waals surface area contributed by atoms with E-state index in [4.69, 9.17) is 27.3 Å². The molecule has 1 amide bonds. The fourth-order valence-electron chi connectivity index (χ4n) is 3.41. The molecule has 0 radical (unpaired) electrons. The third-order valence-corrected chi connectivity index (χ3v) is 4.80. The standard InChI is InChI=1S/C17H21ClN4O2/c1-17(2,3)24-16(23)22-9-11-6-12(22)8-21(11)14-5-10(7-19)4-13(20)15(14)18/h4-5,11-12H,6,8-9,20H2,1-3H3/t11-,12-/m1/s1. The summed E-state index contributed by atoms with van der Waals surface area (Å²) >= 11 is 6.34. The van der Waals surface area contributed by atoms with Crippen molar-refractivity contribution in [1.29, 1.82) is 5.26 Å². The zero-order valence-corrected chi connectivity index (χ0v) is 14.8. The Labute approximate surface area is 146 Å². The van der Waals surface area contributed by atoms with Crippen molar-refractivity contribution in [1.82, 2.24) is 4.90 Å². The van der Waals surface area contributed by atoms with Gasteiger partial charge in [-0.2, -0.15) is 5.26 Å². The maximum Gasteiger partial charge on any atom is 0.410 e. The fraction of sp³-hybridized carbons (Fsp3) is 0.529. The molecule has 7 heteroatoms. The predicted molar refractivity (Wildman–Crippen MR) is 93.1 cm³/mol. The fourth-order valence-corrected chi connectivity index (χ4v) is 3.63. The molecule has 0 spiro atoms. The van der Waals surface area contributed by atoms with Crippen LogP contribution in [-0.2, 0) is 4.74 Å². The van der Waals surface area contributed by atoms with Crippen molar-refractivity contribution in [3.05, 3.63) is 22.7 Å². The summed E-state index contributed by atoms with van der Waals surface area (Å²) in [4.78, 5) is 16.2. The maximum atomic E-state index is 12.3. The topological polar surface area (TPSA) is 82.6 Å². The lowest BCUT2D eigenvalue weighted by molar-refractivity contribution is 0.0215. The number of amides is 1. The number of carbonyl (C=O) groups is 1. The number of piperazine rings is 1. The van der Waals surface area contributed by atoms with Crippen LogP contribution in [0.3, 0.4) is 0 Å². The van der Waals surface area contributed by atoms with E-state index in [1.54, 1.807) is 17.0 Å². The minimum absolute atomic E-state index is 0.0906. The maximum absolute atomic E-state index is 12.3. The van der Waals surface area contributed by atoms with Gasteiger partial charge in [-0.1, -0.05) is 11.6 Å². The van der Waals surface area contributed by atoms with Crippen LogP contribution < -0.4 is 10.6 Å². The number of nitriles is 1. The van der Waals surface area contributed by atoms with E-state index in [-0.39, 0.29) is 18.2 Å². The molecule has 0 saturated carbocycles. The molecule has 2 N–H and O–H groups in total. The first-order chi connectivity index (χ1) is 11.2. The highest BCUT2D eigenvalue weighted by Gasteiger charge is 2.47. The quantitative estimate of drug-likeness (QED) is 0.789. The summed E-state index contributed by atoms with van der Waals surface area (Å²) in [6.07, 6.45) is 0.595. The molecule has 6 nitrogen and oxygen atoms in total. The molecule has 2 aliphatic heterocycles. The van der Waals surface area contributed by atoms with Gasteiger partial charge in [0.05, 0.1) is 34.1 Å². The number of anilines is 2. The molecule has 24 heavy (non-hydrogen) atoms. The van der Waals surface area contributed by atoms with Gasteiger partial charge in [-0.3, -0.25) is 0 Å². The van der Waals surface area contributed by atoms with E-state index in [1.807, 2.05) is 20.8 Å². The number of likely N-dealkylation sites (tertiary alicyclic amines) is 1. The highest BCUT2D eigenvalue weighted by molar-refractivity contribution is 6.35. The van der Waals surface area contributed by atoms with Crippen LogP contribution in [0.25, 0.3) is 0 Å². The summed E-state index contributed by atoms with van der Waals surface area (Å²) in [5.74, 6) is 0. The Kier molecular flexibility index (Phi) is 4.00. The van der Waals surface area contributed by atoms with Crippen LogP contribution in [0.15, 0.2) is 12.1 Å². The predicted octanol–water partition coefficient (Wildman–Crippen LogP) is 2.99. The van der Waals surface area contributed by atoms with Crippen LogP contribution in [0.1, 0.15) is 32.8 Å². The van der Waals surface area contributed by atoms with Crippen LogP contribution in [0, 0.1) is 11.3 Å². The molecule has 2 atom stereocenters. The van der Waals surface area contributed by atoms with Crippen molar-refractivity contribution in [2.45, 2.75) is 44.9 Å². The Morgan fingerprint density at radius 3 is 2.62 bits per heavy atom. The lowest BCUT2D eigenvalue weighted by Gasteiger charge is -2.36. The zero-order chi connectivity index (χ0) is 17.6. The van der Waals surface area contributed by atoms with Gasteiger partial charge in [0.2, 0.25) is 0 Å². The van der Waals surface area contributed by atoms with E-state index >= 15 is 0 Å². The van der Waals surface area contributed by atoms with Crippen molar-refractivity contribution < 1.29 is 9.53 Å². The van der Waals surface area contributed by atoms with E-state index in [1.165, 1.54) is 0 Å². The number of hydrogen-bond donors (Lipinski definition) is 1. The van der Waals surface area contributed by atoms with Gasteiger partial charge in [-0.05, 0) is 39.3 Å². The van der Waals surface area contributed by atoms with Gasteiger partial charge >= 0.3 is 6.09 Å². The molecule has 2 saturated heterocycles. The number of benzene rings is 1. The summed E-state index contributed by atoms with van der Waals surface area (Å²) < 4.78 is 5.47. The third kappa shape index (κ3) is 2.96. The molecule has 2 aliphatic rings. The van der Waals surface area contributed by atoms with Crippen LogP contribution in [0.2, 0.25) is 5.02 Å². The second-order valence-corrected chi connectivity index (χ2v) is 7.72.